The first-order valence-corrected chi connectivity index (χ1v) is 13.9. The number of nitrogens with two attached hydrogens (primary N) is 1. The van der Waals surface area contributed by atoms with Gasteiger partial charge in [0.1, 0.15) is 28.5 Å². The minimum absolute atomic E-state index is 0.0251. The van der Waals surface area contributed by atoms with Crippen molar-refractivity contribution in [2.45, 2.75) is 39.8 Å². The van der Waals surface area contributed by atoms with Gasteiger partial charge in [-0.25, -0.2) is 24.0 Å². The van der Waals surface area contributed by atoms with Gasteiger partial charge in [0.05, 0.1) is 34.2 Å². The van der Waals surface area contributed by atoms with E-state index in [9.17, 15) is 9.18 Å². The number of aryl methyl sites for hydroxylation is 1. The molecule has 39 heavy (non-hydrogen) atoms. The van der Waals surface area contributed by atoms with Crippen LogP contribution in [0.5, 0.6) is 5.19 Å². The van der Waals surface area contributed by atoms with Gasteiger partial charge in [-0.05, 0) is 57.0 Å². The second-order valence-electron chi connectivity index (χ2n) is 9.42. The molecule has 0 aliphatic rings. The van der Waals surface area contributed by atoms with Gasteiger partial charge in [0.25, 0.3) is 10.8 Å². The van der Waals surface area contributed by atoms with Crippen LogP contribution in [-0.2, 0) is 0 Å². The van der Waals surface area contributed by atoms with Gasteiger partial charge in [-0.15, -0.1) is 11.3 Å². The Morgan fingerprint density at radius 2 is 1.95 bits per heavy atom. The van der Waals surface area contributed by atoms with Crippen molar-refractivity contribution in [2.24, 2.45) is 0 Å². The minimum atomic E-state index is -0.465. The highest BCUT2D eigenvalue weighted by Crippen LogP contribution is 2.39. The summed E-state index contributed by atoms with van der Waals surface area (Å²) in [5, 5.41) is 7.96. The molecule has 1 aromatic carbocycles. The highest BCUT2D eigenvalue weighted by Gasteiger charge is 2.26. The van der Waals surface area contributed by atoms with E-state index in [0.717, 1.165) is 15.4 Å². The number of pyridine rings is 1. The smallest absolute Gasteiger partial charge is 0.274 e. The third kappa shape index (κ3) is 4.25. The van der Waals surface area contributed by atoms with E-state index >= 15 is 0 Å². The summed E-state index contributed by atoms with van der Waals surface area (Å²) in [5.74, 6) is -0.141. The molecule has 0 aliphatic carbocycles. The van der Waals surface area contributed by atoms with Crippen molar-refractivity contribution in [1.82, 2.24) is 29.1 Å². The van der Waals surface area contributed by atoms with Gasteiger partial charge in [-0.1, -0.05) is 23.5 Å². The summed E-state index contributed by atoms with van der Waals surface area (Å²) >= 11 is 2.82. The number of nitrogens with zero attached hydrogens (tertiary/aromatic N) is 6. The van der Waals surface area contributed by atoms with Crippen LogP contribution >= 0.6 is 22.7 Å². The van der Waals surface area contributed by atoms with E-state index in [1.807, 2.05) is 39.1 Å². The van der Waals surface area contributed by atoms with Gasteiger partial charge < -0.3 is 10.5 Å². The number of benzene rings is 1. The Hall–Kier alpha value is -4.16. The van der Waals surface area contributed by atoms with E-state index in [1.54, 1.807) is 27.4 Å². The molecule has 6 rings (SSSR count). The summed E-state index contributed by atoms with van der Waals surface area (Å²) in [6.07, 6.45) is 3.06. The zero-order valence-corrected chi connectivity index (χ0v) is 23.2. The zero-order chi connectivity index (χ0) is 27.4. The third-order valence-electron chi connectivity index (χ3n) is 6.41. The average Bonchev–Trinajstić information content (AvgIpc) is 3.61. The van der Waals surface area contributed by atoms with Crippen molar-refractivity contribution >= 4 is 44.4 Å². The Morgan fingerprint density at radius 1 is 1.13 bits per heavy atom. The predicted octanol–water partition coefficient (Wildman–Crippen LogP) is 5.72. The average molecular weight is 562 g/mol. The third-order valence-corrected chi connectivity index (χ3v) is 8.31. The van der Waals surface area contributed by atoms with Crippen LogP contribution in [0.1, 0.15) is 38.1 Å². The maximum atomic E-state index is 14.3. The van der Waals surface area contributed by atoms with Crippen LogP contribution in [0.15, 0.2) is 53.0 Å². The molecule has 198 valence electrons. The molecule has 5 heterocycles. The quantitative estimate of drug-likeness (QED) is 0.277. The molecule has 0 spiro atoms. The van der Waals surface area contributed by atoms with E-state index in [0.29, 0.717) is 38.6 Å². The van der Waals surface area contributed by atoms with Gasteiger partial charge in [0.2, 0.25) is 0 Å². The summed E-state index contributed by atoms with van der Waals surface area (Å²) in [7, 11) is 0. The lowest BCUT2D eigenvalue weighted by Gasteiger charge is -2.18. The van der Waals surface area contributed by atoms with Crippen LogP contribution < -0.4 is 16.0 Å². The molecule has 0 unspecified atom stereocenters. The molecule has 6 aromatic rings. The zero-order valence-electron chi connectivity index (χ0n) is 21.5. The first-order chi connectivity index (χ1) is 18.7. The fourth-order valence-electron chi connectivity index (χ4n) is 4.68. The summed E-state index contributed by atoms with van der Waals surface area (Å²) in [6, 6.07) is 7.57. The van der Waals surface area contributed by atoms with Crippen molar-refractivity contribution in [1.29, 1.82) is 0 Å². The summed E-state index contributed by atoms with van der Waals surface area (Å²) in [5.41, 5.74) is 9.59. The standard InChI is InChI=1S/C27H24FN7O2S2/c1-13(2)37-27-30-10-19(39-27)23-22-24(29)31-12-32-25(22)35(33-23)15(4)18-9-20-34(14(3)11-38-20)26(36)21(18)16-6-5-7-17(28)8-16/h5-13,15H,1-4H3,(H2,29,31,32)/t15-/m0/s1. The molecule has 12 heteroatoms. The second kappa shape index (κ2) is 9.54. The predicted molar refractivity (Wildman–Crippen MR) is 152 cm³/mol. The molecule has 1 atom stereocenters. The summed E-state index contributed by atoms with van der Waals surface area (Å²) in [4.78, 5) is 28.5. The van der Waals surface area contributed by atoms with E-state index in [1.165, 1.54) is 41.1 Å². The molecule has 5 aromatic heterocycles. The number of nitrogen functional groups attached to an aromatic ring is 1. The van der Waals surface area contributed by atoms with Gasteiger partial charge in [-0.3, -0.25) is 9.20 Å². The number of aromatic nitrogens is 6. The normalized spacial score (nSPS) is 12.6. The maximum absolute atomic E-state index is 14.3. The molecule has 2 N–H and O–H groups in total. The fourth-order valence-corrected chi connectivity index (χ4v) is 6.48. The number of hydrogen-bond donors (Lipinski definition) is 1. The molecule has 0 bridgehead atoms. The largest absolute Gasteiger partial charge is 0.467 e. The summed E-state index contributed by atoms with van der Waals surface area (Å²) < 4.78 is 23.5. The Labute approximate surface area is 230 Å². The van der Waals surface area contributed by atoms with E-state index in [-0.39, 0.29) is 17.5 Å². The first kappa shape index (κ1) is 25.1. The number of hydrogen-bond acceptors (Lipinski definition) is 9. The van der Waals surface area contributed by atoms with Crippen molar-refractivity contribution in [2.75, 3.05) is 5.73 Å². The number of thiazole rings is 2. The number of anilines is 1. The molecule has 0 saturated heterocycles. The lowest BCUT2D eigenvalue weighted by molar-refractivity contribution is 0.241. The fraction of sp³-hybridized carbons (Fsp3) is 0.222. The monoisotopic (exact) mass is 561 g/mol. The Morgan fingerprint density at radius 3 is 2.72 bits per heavy atom. The van der Waals surface area contributed by atoms with Crippen molar-refractivity contribution in [3.8, 4) is 26.9 Å². The van der Waals surface area contributed by atoms with Crippen LogP contribution in [0.3, 0.4) is 0 Å². The van der Waals surface area contributed by atoms with Crippen molar-refractivity contribution in [3.05, 3.63) is 75.7 Å². The topological polar surface area (TPSA) is 113 Å². The maximum Gasteiger partial charge on any atom is 0.274 e. The molecule has 0 radical (unpaired) electrons. The molecular weight excluding hydrogens is 537 g/mol. The second-order valence-corrected chi connectivity index (χ2v) is 11.3. The molecule has 0 fully saturated rings. The highest BCUT2D eigenvalue weighted by molar-refractivity contribution is 7.17. The number of halogens is 1. The van der Waals surface area contributed by atoms with Crippen LogP contribution in [-0.4, -0.2) is 35.2 Å². The number of ether oxygens (including phenoxy) is 1. The highest BCUT2D eigenvalue weighted by atomic mass is 32.1. The number of fused-ring (bicyclic) bond motifs is 2. The van der Waals surface area contributed by atoms with E-state index in [2.05, 4.69) is 15.0 Å². The van der Waals surface area contributed by atoms with Crippen molar-refractivity contribution < 1.29 is 9.13 Å². The Kier molecular flexibility index (Phi) is 6.15. The first-order valence-electron chi connectivity index (χ1n) is 12.2. The lowest BCUT2D eigenvalue weighted by Crippen LogP contribution is -2.21. The SMILES string of the molecule is Cc1csc2cc([C@H](C)n3nc(-c4cnc(OC(C)C)s4)c4c(N)ncnc43)c(-c3cccc(F)c3)c(=O)n12. The van der Waals surface area contributed by atoms with Crippen LogP contribution in [0.2, 0.25) is 0 Å². The van der Waals surface area contributed by atoms with Crippen LogP contribution in [0.25, 0.3) is 37.6 Å². The molecular formula is C27H24FN7O2S2. The van der Waals surface area contributed by atoms with E-state index in [4.69, 9.17) is 15.6 Å². The van der Waals surface area contributed by atoms with Crippen molar-refractivity contribution in [3.63, 3.8) is 0 Å². The lowest BCUT2D eigenvalue weighted by atomic mass is 9.97. The van der Waals surface area contributed by atoms with Crippen LogP contribution in [0, 0.1) is 12.7 Å². The summed E-state index contributed by atoms with van der Waals surface area (Å²) in [6.45, 7) is 7.68. The van der Waals surface area contributed by atoms with Crippen LogP contribution in [0.4, 0.5) is 10.2 Å². The van der Waals surface area contributed by atoms with Gasteiger partial charge in [-0.2, -0.15) is 5.10 Å². The van der Waals surface area contributed by atoms with Gasteiger partial charge in [0, 0.05) is 11.1 Å². The molecule has 0 aliphatic heterocycles. The Bertz CT molecular complexity index is 1920. The minimum Gasteiger partial charge on any atom is -0.467 e. The van der Waals surface area contributed by atoms with E-state index < -0.39 is 11.9 Å². The Balaban J connectivity index is 1.59. The van der Waals surface area contributed by atoms with Gasteiger partial charge >= 0.3 is 0 Å². The molecule has 0 amide bonds. The molecule has 0 saturated carbocycles. The molecule has 9 nitrogen and oxygen atoms in total. The van der Waals surface area contributed by atoms with Gasteiger partial charge in [0.15, 0.2) is 5.65 Å². The number of rotatable bonds is 6.